The van der Waals surface area contributed by atoms with Crippen LogP contribution in [-0.2, 0) is 12.8 Å². The number of hydrogen-bond donors (Lipinski definition) is 3. The van der Waals surface area contributed by atoms with Crippen molar-refractivity contribution in [1.29, 1.82) is 0 Å². The molecule has 7 heteroatoms. The summed E-state index contributed by atoms with van der Waals surface area (Å²) in [6, 6.07) is 14.5. The summed E-state index contributed by atoms with van der Waals surface area (Å²) in [5.41, 5.74) is 5.28. The van der Waals surface area contributed by atoms with Crippen molar-refractivity contribution >= 4 is 34.4 Å². The quantitative estimate of drug-likeness (QED) is 0.317. The minimum Gasteiger partial charge on any atom is -0.390 e. The van der Waals surface area contributed by atoms with Crippen LogP contribution in [-0.4, -0.2) is 53.1 Å². The van der Waals surface area contributed by atoms with Gasteiger partial charge in [0.15, 0.2) is 0 Å². The van der Waals surface area contributed by atoms with Crippen molar-refractivity contribution in [2.45, 2.75) is 83.0 Å². The number of aryl methyl sites for hydroxylation is 1. The van der Waals surface area contributed by atoms with Gasteiger partial charge in [0.05, 0.1) is 23.3 Å². The van der Waals surface area contributed by atoms with Crippen molar-refractivity contribution in [3.8, 4) is 0 Å². The van der Waals surface area contributed by atoms with E-state index < -0.39 is 12.1 Å². The van der Waals surface area contributed by atoms with Crippen LogP contribution in [0.2, 0.25) is 0 Å². The number of nitrogens with one attached hydrogen (secondary N) is 2. The highest BCUT2D eigenvalue weighted by atomic mass is 32.2. The van der Waals surface area contributed by atoms with E-state index in [1.807, 2.05) is 30.3 Å². The summed E-state index contributed by atoms with van der Waals surface area (Å²) in [5, 5.41) is 19.3. The highest BCUT2D eigenvalue weighted by Gasteiger charge is 2.26. The second-order valence-electron chi connectivity index (χ2n) is 11.2. The van der Waals surface area contributed by atoms with Crippen molar-refractivity contribution < 1.29 is 9.90 Å². The Morgan fingerprint density at radius 2 is 1.89 bits per heavy atom. The number of carbonyl (C=O) groups is 1. The number of carbonyl (C=O) groups excluding carboxylic acids is 1. The third-order valence-electron chi connectivity index (χ3n) is 8.11. The van der Waals surface area contributed by atoms with Crippen LogP contribution in [0.4, 0.5) is 5.69 Å². The van der Waals surface area contributed by atoms with Crippen LogP contribution in [0, 0.1) is 0 Å². The minimum atomic E-state index is -0.685. The number of nitrogens with zero attached hydrogens (tertiary/aromatic N) is 2. The van der Waals surface area contributed by atoms with E-state index in [0.29, 0.717) is 30.6 Å². The molecule has 1 amide bonds. The van der Waals surface area contributed by atoms with E-state index in [2.05, 4.69) is 58.7 Å². The summed E-state index contributed by atoms with van der Waals surface area (Å²) < 4.78 is 4.49. The van der Waals surface area contributed by atoms with E-state index in [0.717, 1.165) is 41.8 Å². The van der Waals surface area contributed by atoms with Gasteiger partial charge in [0.25, 0.3) is 5.91 Å². The zero-order valence-electron chi connectivity index (χ0n) is 23.0. The Morgan fingerprint density at radius 1 is 1.13 bits per heavy atom. The second kappa shape index (κ2) is 12.1. The first kappa shape index (κ1) is 27.1. The fourth-order valence-electron chi connectivity index (χ4n) is 5.94. The Labute approximate surface area is 231 Å². The van der Waals surface area contributed by atoms with Gasteiger partial charge in [-0.2, -0.15) is 0 Å². The van der Waals surface area contributed by atoms with Gasteiger partial charge in [0.2, 0.25) is 0 Å². The lowest BCUT2D eigenvalue weighted by Gasteiger charge is -2.28. The van der Waals surface area contributed by atoms with Crippen molar-refractivity contribution in [2.75, 3.05) is 23.7 Å². The average molecular weight is 535 g/mol. The number of aromatic nitrogens is 1. The van der Waals surface area contributed by atoms with Crippen LogP contribution in [0.5, 0.6) is 0 Å². The molecular formula is C31H42N4O2S. The molecule has 1 aliphatic heterocycles. The smallest absolute Gasteiger partial charge is 0.251 e. The molecule has 0 spiro atoms. The SMILES string of the molecule is CC(C)n1cc2c3c(cc(C(=O)N[C@@H](Cc4ccccc4)[C@H](O)CNC4CCCCC4)cc31)N(C)SCC2. The Kier molecular flexibility index (Phi) is 8.66. The molecule has 5 rings (SSSR count). The summed E-state index contributed by atoms with van der Waals surface area (Å²) in [7, 11) is 2.09. The number of rotatable bonds is 9. The maximum absolute atomic E-state index is 13.8. The molecule has 2 atom stereocenters. The topological polar surface area (TPSA) is 69.5 Å². The summed E-state index contributed by atoms with van der Waals surface area (Å²) in [4.78, 5) is 13.8. The third kappa shape index (κ3) is 6.05. The van der Waals surface area contributed by atoms with Crippen LogP contribution < -0.4 is 14.9 Å². The van der Waals surface area contributed by atoms with Crippen LogP contribution >= 0.6 is 11.9 Å². The van der Waals surface area contributed by atoms with Gasteiger partial charge < -0.3 is 24.6 Å². The molecule has 1 aliphatic carbocycles. The fourth-order valence-corrected chi connectivity index (χ4v) is 6.81. The molecule has 2 aromatic carbocycles. The molecule has 38 heavy (non-hydrogen) atoms. The van der Waals surface area contributed by atoms with E-state index in [1.165, 1.54) is 30.2 Å². The molecule has 0 radical (unpaired) electrons. The standard InChI is InChI=1S/C31H42N4O2S/c1-21(2)35-20-23-14-15-38-34(3)27-17-24(18-28(35)30(23)27)31(37)33-26(16-22-10-6-4-7-11-22)29(36)19-32-25-12-8-5-9-13-25/h4,6-7,10-11,17-18,20-21,25-26,29,32,36H,5,8-9,12-16,19H2,1-3H3,(H,33,37)/t26-,29+/m0/s1. The lowest BCUT2D eigenvalue weighted by molar-refractivity contribution is 0.0821. The number of hydrogen-bond acceptors (Lipinski definition) is 5. The van der Waals surface area contributed by atoms with Gasteiger partial charge >= 0.3 is 0 Å². The Hall–Kier alpha value is -2.48. The molecule has 204 valence electrons. The summed E-state index contributed by atoms with van der Waals surface area (Å²) in [5.74, 6) is 0.880. The van der Waals surface area contributed by atoms with Crippen molar-refractivity contribution in [3.05, 3.63) is 65.4 Å². The Morgan fingerprint density at radius 3 is 2.63 bits per heavy atom. The van der Waals surface area contributed by atoms with Crippen LogP contribution in [0.1, 0.15) is 73.5 Å². The lowest BCUT2D eigenvalue weighted by atomic mass is 9.94. The van der Waals surface area contributed by atoms with Gasteiger partial charge in [-0.05, 0) is 74.7 Å². The Balaban J connectivity index is 1.41. The number of benzene rings is 2. The molecular weight excluding hydrogens is 492 g/mol. The first-order valence-electron chi connectivity index (χ1n) is 14.2. The number of amides is 1. The largest absolute Gasteiger partial charge is 0.390 e. The van der Waals surface area contributed by atoms with Gasteiger partial charge in [-0.25, -0.2) is 0 Å². The molecule has 3 aromatic rings. The molecule has 3 N–H and O–H groups in total. The van der Waals surface area contributed by atoms with Crippen molar-refractivity contribution in [3.63, 3.8) is 0 Å². The monoisotopic (exact) mass is 534 g/mol. The van der Waals surface area contributed by atoms with Gasteiger partial charge in [-0.15, -0.1) is 0 Å². The van der Waals surface area contributed by atoms with Crippen LogP contribution in [0.3, 0.4) is 0 Å². The zero-order chi connectivity index (χ0) is 26.6. The van der Waals surface area contributed by atoms with Gasteiger partial charge in [-0.1, -0.05) is 49.6 Å². The average Bonchev–Trinajstić information content (AvgIpc) is 3.22. The number of anilines is 1. The molecule has 1 fully saturated rings. The highest BCUT2D eigenvalue weighted by molar-refractivity contribution is 8.00. The normalized spacial score (nSPS) is 18.0. The molecule has 0 bridgehead atoms. The van der Waals surface area contributed by atoms with E-state index in [9.17, 15) is 9.90 Å². The Bertz CT molecular complexity index is 1240. The summed E-state index contributed by atoms with van der Waals surface area (Å²) >= 11 is 1.79. The van der Waals surface area contributed by atoms with Crippen molar-refractivity contribution in [1.82, 2.24) is 15.2 Å². The van der Waals surface area contributed by atoms with E-state index in [1.54, 1.807) is 11.9 Å². The predicted molar refractivity (Wildman–Crippen MR) is 159 cm³/mol. The number of aliphatic hydroxyl groups excluding tert-OH is 1. The summed E-state index contributed by atoms with van der Waals surface area (Å²) in [6.45, 7) is 4.85. The van der Waals surface area contributed by atoms with Gasteiger partial charge in [-0.3, -0.25) is 4.79 Å². The van der Waals surface area contributed by atoms with Gasteiger partial charge in [0.1, 0.15) is 0 Å². The highest BCUT2D eigenvalue weighted by Crippen LogP contribution is 2.39. The van der Waals surface area contributed by atoms with E-state index in [-0.39, 0.29) is 5.91 Å². The predicted octanol–water partition coefficient (Wildman–Crippen LogP) is 5.49. The minimum absolute atomic E-state index is 0.137. The fraction of sp³-hybridized carbons (Fsp3) is 0.516. The van der Waals surface area contributed by atoms with E-state index >= 15 is 0 Å². The van der Waals surface area contributed by atoms with Crippen molar-refractivity contribution in [2.24, 2.45) is 0 Å². The zero-order valence-corrected chi connectivity index (χ0v) is 23.8. The molecule has 0 saturated heterocycles. The van der Waals surface area contributed by atoms with Crippen LogP contribution in [0.25, 0.3) is 10.9 Å². The molecule has 1 aromatic heterocycles. The lowest BCUT2D eigenvalue weighted by Crippen LogP contribution is -2.50. The van der Waals surface area contributed by atoms with E-state index in [4.69, 9.17) is 0 Å². The maximum atomic E-state index is 13.8. The molecule has 0 unspecified atom stereocenters. The molecule has 2 heterocycles. The molecule has 2 aliphatic rings. The van der Waals surface area contributed by atoms with Crippen LogP contribution in [0.15, 0.2) is 48.7 Å². The second-order valence-corrected chi connectivity index (χ2v) is 12.4. The first-order valence-corrected chi connectivity index (χ1v) is 15.1. The number of aliphatic hydroxyl groups is 1. The van der Waals surface area contributed by atoms with Gasteiger partial charge in [0, 0.05) is 48.6 Å². The first-order chi connectivity index (χ1) is 18.4. The molecule has 1 saturated carbocycles. The molecule has 6 nitrogen and oxygen atoms in total. The summed E-state index contributed by atoms with van der Waals surface area (Å²) in [6.07, 6.45) is 9.29. The maximum Gasteiger partial charge on any atom is 0.251 e. The third-order valence-corrected chi connectivity index (χ3v) is 9.08.